The molecule has 0 saturated carbocycles. The van der Waals surface area contributed by atoms with E-state index in [0.717, 1.165) is 25.7 Å². The Labute approximate surface area is 112 Å². The Morgan fingerprint density at radius 1 is 1.00 bits per heavy atom. The molecule has 0 fully saturated rings. The third-order valence-corrected chi connectivity index (χ3v) is 6.95. The van der Waals surface area contributed by atoms with Gasteiger partial charge in [0.15, 0.2) is 0 Å². The molecule has 0 aromatic carbocycles. The maximum absolute atomic E-state index is 12.4. The molecule has 110 valence electrons. The van der Waals surface area contributed by atoms with Gasteiger partial charge in [-0.15, -0.1) is 0 Å². The lowest BCUT2D eigenvalue weighted by atomic mass is 10.4. The second kappa shape index (κ2) is 9.23. The second-order valence-corrected chi connectivity index (χ2v) is 9.87. The summed E-state index contributed by atoms with van der Waals surface area (Å²) in [5.74, 6) is 0. The van der Waals surface area contributed by atoms with Crippen LogP contribution in [0.5, 0.6) is 0 Å². The van der Waals surface area contributed by atoms with E-state index in [2.05, 4.69) is 0 Å². The van der Waals surface area contributed by atoms with Crippen molar-refractivity contribution in [2.75, 3.05) is 20.3 Å². The van der Waals surface area contributed by atoms with E-state index in [1.165, 1.54) is 0 Å². The van der Waals surface area contributed by atoms with Gasteiger partial charge in [0.25, 0.3) is 0 Å². The van der Waals surface area contributed by atoms with Gasteiger partial charge in [-0.05, 0) is 25.9 Å². The van der Waals surface area contributed by atoms with E-state index < -0.39 is 16.4 Å². The first-order valence-corrected chi connectivity index (χ1v) is 10.8. The number of phosphoric ester groups is 1. The van der Waals surface area contributed by atoms with Crippen LogP contribution < -0.4 is 0 Å². The van der Waals surface area contributed by atoms with Crippen molar-refractivity contribution in [1.82, 2.24) is 0 Å². The zero-order chi connectivity index (χ0) is 14.1. The van der Waals surface area contributed by atoms with Crippen LogP contribution in [0.4, 0.5) is 0 Å². The molecule has 0 rings (SSSR count). The molecule has 0 radical (unpaired) electrons. The van der Waals surface area contributed by atoms with Crippen molar-refractivity contribution in [3.63, 3.8) is 0 Å². The van der Waals surface area contributed by atoms with Crippen LogP contribution in [0.25, 0.3) is 0 Å². The lowest BCUT2D eigenvalue weighted by Gasteiger charge is -2.26. The molecule has 0 bridgehead atoms. The van der Waals surface area contributed by atoms with Crippen LogP contribution in [0.1, 0.15) is 39.5 Å². The number of unbranched alkanes of at least 4 members (excludes halogenated alkanes) is 2. The van der Waals surface area contributed by atoms with Gasteiger partial charge < -0.3 is 8.64 Å². The first-order chi connectivity index (χ1) is 8.39. The second-order valence-electron chi connectivity index (χ2n) is 4.52. The van der Waals surface area contributed by atoms with E-state index in [-0.39, 0.29) is 0 Å². The molecule has 0 aliphatic heterocycles. The molecule has 0 N–H and O–H groups in total. The highest BCUT2D eigenvalue weighted by Gasteiger charge is 2.37. The van der Waals surface area contributed by atoms with Crippen LogP contribution in [0, 0.1) is 0 Å². The molecule has 0 saturated heterocycles. The summed E-state index contributed by atoms with van der Waals surface area (Å²) in [5.41, 5.74) is 0. The van der Waals surface area contributed by atoms with Gasteiger partial charge in [-0.3, -0.25) is 9.05 Å². The summed E-state index contributed by atoms with van der Waals surface area (Å²) in [7, 11) is -4.38. The summed E-state index contributed by atoms with van der Waals surface area (Å²) in [6.07, 6.45) is 3.61. The third-order valence-electron chi connectivity index (χ3n) is 2.32. The van der Waals surface area contributed by atoms with Crippen molar-refractivity contribution in [3.8, 4) is 0 Å². The number of hydrogen-bond acceptors (Lipinski definition) is 5. The molecule has 0 amide bonds. The minimum Gasteiger partial charge on any atom is -0.398 e. The minimum atomic E-state index is -3.48. The van der Waals surface area contributed by atoms with Crippen molar-refractivity contribution in [1.29, 1.82) is 0 Å². The van der Waals surface area contributed by atoms with E-state index in [9.17, 15) is 4.57 Å². The van der Waals surface area contributed by atoms with Gasteiger partial charge in [-0.25, -0.2) is 4.57 Å². The summed E-state index contributed by atoms with van der Waals surface area (Å²) in [6, 6.07) is 0. The van der Waals surface area contributed by atoms with Crippen LogP contribution in [-0.4, -0.2) is 28.9 Å². The van der Waals surface area contributed by atoms with Gasteiger partial charge in [0.1, 0.15) is 0 Å². The Morgan fingerprint density at radius 2 is 1.44 bits per heavy atom. The number of hydrogen-bond donors (Lipinski definition) is 0. The van der Waals surface area contributed by atoms with Crippen molar-refractivity contribution < 1.29 is 22.3 Å². The summed E-state index contributed by atoms with van der Waals surface area (Å²) in [6.45, 7) is 8.47. The fourth-order valence-electron chi connectivity index (χ4n) is 1.04. The SMILES string of the molecule is CCCCOP(=O)(OCCCC)O[Si](C)(C)OC. The first kappa shape index (κ1) is 18.3. The molecule has 5 nitrogen and oxygen atoms in total. The van der Waals surface area contributed by atoms with E-state index in [1.807, 2.05) is 26.9 Å². The highest BCUT2D eigenvalue weighted by atomic mass is 31.2. The highest BCUT2D eigenvalue weighted by molar-refractivity contribution is 7.50. The summed E-state index contributed by atoms with van der Waals surface area (Å²) in [4.78, 5) is 0. The smallest absolute Gasteiger partial charge is 0.398 e. The van der Waals surface area contributed by atoms with Crippen LogP contribution in [0.15, 0.2) is 0 Å². The zero-order valence-electron chi connectivity index (χ0n) is 12.2. The number of phosphoric acid groups is 1. The van der Waals surface area contributed by atoms with Crippen molar-refractivity contribution in [2.45, 2.75) is 52.6 Å². The van der Waals surface area contributed by atoms with Gasteiger partial charge in [0.05, 0.1) is 13.2 Å². The van der Waals surface area contributed by atoms with E-state index in [4.69, 9.17) is 17.7 Å². The van der Waals surface area contributed by atoms with Crippen molar-refractivity contribution >= 4 is 16.4 Å². The fraction of sp³-hybridized carbons (Fsp3) is 1.00. The Balaban J connectivity index is 4.43. The van der Waals surface area contributed by atoms with Gasteiger partial charge in [0.2, 0.25) is 0 Å². The Bertz CT molecular complexity index is 246. The molecule has 7 heteroatoms. The van der Waals surface area contributed by atoms with Crippen LogP contribution in [0.2, 0.25) is 13.1 Å². The third kappa shape index (κ3) is 8.40. The monoisotopic (exact) mass is 298 g/mol. The Hall–Kier alpha value is 0.287. The summed E-state index contributed by atoms with van der Waals surface area (Å²) < 4.78 is 33.8. The molecule has 0 aromatic heterocycles. The predicted octanol–water partition coefficient (Wildman–Crippen LogP) is 4.09. The lowest BCUT2D eigenvalue weighted by Crippen LogP contribution is -2.32. The standard InChI is InChI=1S/C11H27O5PSi/c1-6-8-10-14-17(12,15-11-9-7-2)16-18(4,5)13-3/h6-11H2,1-5H3. The van der Waals surface area contributed by atoms with Crippen LogP contribution in [-0.2, 0) is 22.3 Å². The molecule has 0 unspecified atom stereocenters. The normalized spacial score (nSPS) is 12.9. The van der Waals surface area contributed by atoms with Crippen molar-refractivity contribution in [3.05, 3.63) is 0 Å². The summed E-state index contributed by atoms with van der Waals surface area (Å²) in [5, 5.41) is 0. The Kier molecular flexibility index (Phi) is 9.38. The maximum Gasteiger partial charge on any atom is 0.466 e. The molecule has 0 aliphatic rings. The van der Waals surface area contributed by atoms with Gasteiger partial charge >= 0.3 is 16.4 Å². The molecule has 0 heterocycles. The van der Waals surface area contributed by atoms with Gasteiger partial charge in [-0.2, -0.15) is 0 Å². The lowest BCUT2D eigenvalue weighted by molar-refractivity contribution is 0.138. The average Bonchev–Trinajstić information content (AvgIpc) is 2.29. The Morgan fingerprint density at radius 3 is 1.78 bits per heavy atom. The minimum absolute atomic E-state index is 0.383. The largest absolute Gasteiger partial charge is 0.466 e. The number of rotatable bonds is 11. The average molecular weight is 298 g/mol. The zero-order valence-corrected chi connectivity index (χ0v) is 14.1. The molecular formula is C11H27O5PSi. The van der Waals surface area contributed by atoms with E-state index in [0.29, 0.717) is 13.2 Å². The molecule has 0 aromatic rings. The van der Waals surface area contributed by atoms with Crippen molar-refractivity contribution in [2.24, 2.45) is 0 Å². The fourth-order valence-corrected chi connectivity index (χ4v) is 4.69. The van der Waals surface area contributed by atoms with Crippen LogP contribution >= 0.6 is 7.82 Å². The molecular weight excluding hydrogens is 271 g/mol. The molecule has 0 spiro atoms. The van der Waals surface area contributed by atoms with Gasteiger partial charge in [0, 0.05) is 7.11 Å². The maximum atomic E-state index is 12.4. The molecule has 0 aliphatic carbocycles. The van der Waals surface area contributed by atoms with E-state index >= 15 is 0 Å². The predicted molar refractivity (Wildman–Crippen MR) is 74.9 cm³/mol. The van der Waals surface area contributed by atoms with Gasteiger partial charge in [-0.1, -0.05) is 26.7 Å². The molecule has 0 atom stereocenters. The molecule has 18 heavy (non-hydrogen) atoms. The summed E-state index contributed by atoms with van der Waals surface area (Å²) >= 11 is 0. The highest BCUT2D eigenvalue weighted by Crippen LogP contribution is 2.52. The first-order valence-electron chi connectivity index (χ1n) is 6.54. The topological polar surface area (TPSA) is 54.0 Å². The van der Waals surface area contributed by atoms with E-state index in [1.54, 1.807) is 7.11 Å². The quantitative estimate of drug-likeness (QED) is 0.326. The van der Waals surface area contributed by atoms with Crippen LogP contribution in [0.3, 0.4) is 0 Å².